The van der Waals surface area contributed by atoms with E-state index in [4.69, 9.17) is 4.74 Å². The normalized spacial score (nSPS) is 14.1. The molecule has 0 fully saturated rings. The molecular formula is C55H37NO. The maximum Gasteiger partial charge on any atom is 0.138 e. The zero-order valence-electron chi connectivity index (χ0n) is 31.3. The maximum atomic E-state index is 6.68. The third-order valence-corrected chi connectivity index (χ3v) is 12.4. The Morgan fingerprint density at radius 1 is 0.421 bits per heavy atom. The topological polar surface area (TPSA) is 14.2 Å². The molecule has 2 aliphatic rings. The zero-order valence-corrected chi connectivity index (χ0v) is 31.3. The Balaban J connectivity index is 1.00. The molecule has 0 radical (unpaired) electrons. The Kier molecular flexibility index (Phi) is 7.15. The van der Waals surface area contributed by atoms with Crippen molar-refractivity contribution in [2.75, 3.05) is 0 Å². The van der Waals surface area contributed by atoms with E-state index in [2.05, 4.69) is 199 Å². The second kappa shape index (κ2) is 12.7. The third kappa shape index (κ3) is 5.04. The summed E-state index contributed by atoms with van der Waals surface area (Å²) in [5.74, 6) is 2.05. The molecule has 0 amide bonds. The minimum atomic E-state index is 0.240. The highest BCUT2D eigenvalue weighted by Gasteiger charge is 2.27. The molecule has 9 aromatic carbocycles. The van der Waals surface area contributed by atoms with Crippen LogP contribution < -0.4 is 4.74 Å². The number of fused-ring (bicyclic) bond motifs is 9. The summed E-state index contributed by atoms with van der Waals surface area (Å²) < 4.78 is 9.10. The van der Waals surface area contributed by atoms with E-state index in [-0.39, 0.29) is 5.92 Å². The summed E-state index contributed by atoms with van der Waals surface area (Å²) in [6, 6.07) is 71.3. The van der Waals surface area contributed by atoms with E-state index in [0.717, 1.165) is 41.1 Å². The van der Waals surface area contributed by atoms with Gasteiger partial charge in [0.25, 0.3) is 0 Å². The molecule has 12 rings (SSSR count). The van der Waals surface area contributed by atoms with Crippen LogP contribution in [-0.2, 0) is 6.42 Å². The number of aryl methyl sites for hydroxylation is 1. The van der Waals surface area contributed by atoms with Crippen molar-refractivity contribution in [3.05, 3.63) is 211 Å². The minimum Gasteiger partial charge on any atom is -0.456 e. The molecule has 1 aromatic heterocycles. The molecule has 2 nitrogen and oxygen atoms in total. The number of rotatable bonds is 4. The van der Waals surface area contributed by atoms with Gasteiger partial charge in [-0.1, -0.05) is 158 Å². The standard InChI is InChI=1S/C55H37NO/c1-3-12-35(13-4-1)38-24-29-43-40(32-38)26-30-42(49-33-39(25-31-44(43)49)36-14-5-2-6-15-36)37-22-27-41(28-23-37)56-50-20-9-7-17-47(50)54-48-19-11-18-46-45-16-8-10-21-52(45)57-53(55(46)48)34-51(54)56/h1-25,27-29,31-34,42H,26,30H2. The Bertz CT molecular complexity index is 3190. The third-order valence-electron chi connectivity index (χ3n) is 12.4. The lowest BCUT2D eigenvalue weighted by atomic mass is 9.84. The Morgan fingerprint density at radius 3 is 1.89 bits per heavy atom. The summed E-state index contributed by atoms with van der Waals surface area (Å²) in [7, 11) is 0. The first-order valence-corrected chi connectivity index (χ1v) is 20.0. The van der Waals surface area contributed by atoms with Crippen molar-refractivity contribution in [1.29, 1.82) is 0 Å². The van der Waals surface area contributed by atoms with Gasteiger partial charge in [0.2, 0.25) is 0 Å². The second-order valence-corrected chi connectivity index (χ2v) is 15.5. The van der Waals surface area contributed by atoms with Crippen molar-refractivity contribution in [1.82, 2.24) is 4.57 Å². The van der Waals surface area contributed by atoms with E-state index < -0.39 is 0 Å². The molecule has 0 bridgehead atoms. The minimum absolute atomic E-state index is 0.240. The second-order valence-electron chi connectivity index (χ2n) is 15.5. The summed E-state index contributed by atoms with van der Waals surface area (Å²) in [4.78, 5) is 0. The van der Waals surface area contributed by atoms with Gasteiger partial charge in [-0.2, -0.15) is 0 Å². The first-order valence-electron chi connectivity index (χ1n) is 20.0. The molecule has 1 unspecified atom stereocenters. The van der Waals surface area contributed by atoms with Crippen molar-refractivity contribution < 1.29 is 4.74 Å². The highest BCUT2D eigenvalue weighted by Crippen LogP contribution is 2.51. The van der Waals surface area contributed by atoms with Crippen molar-refractivity contribution in [2.45, 2.75) is 18.8 Å². The van der Waals surface area contributed by atoms with Crippen LogP contribution in [0.5, 0.6) is 11.5 Å². The predicted octanol–water partition coefficient (Wildman–Crippen LogP) is 14.8. The van der Waals surface area contributed by atoms with Crippen LogP contribution in [0.15, 0.2) is 194 Å². The van der Waals surface area contributed by atoms with Gasteiger partial charge in [0.05, 0.1) is 11.0 Å². The van der Waals surface area contributed by atoms with Crippen LogP contribution in [0.4, 0.5) is 0 Å². The Hall–Kier alpha value is -7.16. The summed E-state index contributed by atoms with van der Waals surface area (Å²) in [6.07, 6.45) is 2.04. The van der Waals surface area contributed by atoms with Crippen molar-refractivity contribution in [3.63, 3.8) is 0 Å². The number of hydrogen-bond donors (Lipinski definition) is 0. The van der Waals surface area contributed by atoms with E-state index in [1.165, 1.54) is 82.7 Å². The van der Waals surface area contributed by atoms with Gasteiger partial charge in [0, 0.05) is 39.4 Å². The Labute approximate surface area is 331 Å². The lowest BCUT2D eigenvalue weighted by Crippen LogP contribution is -2.04. The van der Waals surface area contributed by atoms with Crippen LogP contribution in [0.3, 0.4) is 0 Å². The summed E-state index contributed by atoms with van der Waals surface area (Å²) >= 11 is 0. The predicted molar refractivity (Wildman–Crippen MR) is 237 cm³/mol. The molecule has 0 saturated carbocycles. The Morgan fingerprint density at radius 2 is 1.09 bits per heavy atom. The molecule has 1 aliphatic heterocycles. The average Bonchev–Trinajstić information content (AvgIpc) is 3.52. The number of hydrogen-bond acceptors (Lipinski definition) is 1. The van der Waals surface area contributed by atoms with Gasteiger partial charge < -0.3 is 9.30 Å². The van der Waals surface area contributed by atoms with Crippen molar-refractivity contribution in [3.8, 4) is 61.7 Å². The maximum absolute atomic E-state index is 6.68. The molecule has 10 aromatic rings. The highest BCUT2D eigenvalue weighted by atomic mass is 16.5. The first-order chi connectivity index (χ1) is 28.3. The van der Waals surface area contributed by atoms with E-state index >= 15 is 0 Å². The van der Waals surface area contributed by atoms with Crippen LogP contribution in [0.25, 0.3) is 82.8 Å². The number of nitrogens with zero attached hydrogens (tertiary/aromatic N) is 1. The summed E-state index contributed by atoms with van der Waals surface area (Å²) in [5.41, 5.74) is 17.7. The fourth-order valence-electron chi connectivity index (χ4n) is 9.82. The van der Waals surface area contributed by atoms with Gasteiger partial charge >= 0.3 is 0 Å². The zero-order chi connectivity index (χ0) is 37.5. The highest BCUT2D eigenvalue weighted by molar-refractivity contribution is 6.25. The van der Waals surface area contributed by atoms with Crippen molar-refractivity contribution in [2.24, 2.45) is 0 Å². The van der Waals surface area contributed by atoms with E-state index in [9.17, 15) is 0 Å². The first kappa shape index (κ1) is 32.1. The van der Waals surface area contributed by atoms with Gasteiger partial charge in [-0.05, 0) is 104 Å². The molecular weight excluding hydrogens is 691 g/mol. The van der Waals surface area contributed by atoms with E-state index in [1.54, 1.807) is 0 Å². The lowest BCUT2D eigenvalue weighted by molar-refractivity contribution is 0.487. The number of ether oxygens (including phenoxy) is 1. The summed E-state index contributed by atoms with van der Waals surface area (Å²) in [6.45, 7) is 0. The average molecular weight is 728 g/mol. The van der Waals surface area contributed by atoms with Crippen LogP contribution in [0.2, 0.25) is 0 Å². The SMILES string of the molecule is c1ccc(-c2ccc3c(c2)CCC(c2ccc(-n4c5ccccc5c5c6cccc7c6c(cc54)Oc4ccccc4-7)cc2)c2cc(-c4ccccc4)ccc2-3)cc1. The van der Waals surface area contributed by atoms with Gasteiger partial charge in [-0.3, -0.25) is 0 Å². The molecule has 0 saturated heterocycles. The molecule has 57 heavy (non-hydrogen) atoms. The van der Waals surface area contributed by atoms with Crippen LogP contribution in [0.1, 0.15) is 29.0 Å². The van der Waals surface area contributed by atoms with Gasteiger partial charge in [-0.15, -0.1) is 0 Å². The van der Waals surface area contributed by atoms with Crippen LogP contribution >= 0.6 is 0 Å². The number of para-hydroxylation sites is 2. The molecule has 2 heteroatoms. The van der Waals surface area contributed by atoms with Gasteiger partial charge in [-0.25, -0.2) is 0 Å². The van der Waals surface area contributed by atoms with Gasteiger partial charge in [0.15, 0.2) is 0 Å². The fraction of sp³-hybridized carbons (Fsp3) is 0.0545. The number of aromatic nitrogens is 1. The van der Waals surface area contributed by atoms with Gasteiger partial charge in [0.1, 0.15) is 11.5 Å². The summed E-state index contributed by atoms with van der Waals surface area (Å²) in [5, 5.41) is 4.91. The molecule has 1 aliphatic carbocycles. The largest absolute Gasteiger partial charge is 0.456 e. The molecule has 2 heterocycles. The smallest absolute Gasteiger partial charge is 0.138 e. The molecule has 0 N–H and O–H groups in total. The molecule has 1 atom stereocenters. The van der Waals surface area contributed by atoms with E-state index in [1.807, 2.05) is 0 Å². The number of benzene rings is 9. The molecule has 268 valence electrons. The fourth-order valence-corrected chi connectivity index (χ4v) is 9.82. The lowest BCUT2D eigenvalue weighted by Gasteiger charge is -2.22. The van der Waals surface area contributed by atoms with E-state index in [0.29, 0.717) is 0 Å². The monoisotopic (exact) mass is 727 g/mol. The van der Waals surface area contributed by atoms with Crippen LogP contribution in [-0.4, -0.2) is 4.57 Å². The van der Waals surface area contributed by atoms with Crippen LogP contribution in [0, 0.1) is 0 Å². The quantitative estimate of drug-likeness (QED) is 0.176. The van der Waals surface area contributed by atoms with Crippen molar-refractivity contribution >= 4 is 32.6 Å². The molecule has 0 spiro atoms.